The van der Waals surface area contributed by atoms with E-state index in [4.69, 9.17) is 16.6 Å². The minimum atomic E-state index is 0.370. The highest BCUT2D eigenvalue weighted by Crippen LogP contribution is 2.36. The lowest BCUT2D eigenvalue weighted by Crippen LogP contribution is -2.27. The van der Waals surface area contributed by atoms with Crippen LogP contribution in [0, 0.1) is 25.2 Å². The van der Waals surface area contributed by atoms with Crippen LogP contribution < -0.4 is 4.90 Å². The number of hydrogen-bond acceptors (Lipinski definition) is 2. The van der Waals surface area contributed by atoms with Gasteiger partial charge >= 0.3 is 0 Å². The molecule has 2 nitrogen and oxygen atoms in total. The van der Waals surface area contributed by atoms with Crippen molar-refractivity contribution < 1.29 is 0 Å². The highest BCUT2D eigenvalue weighted by molar-refractivity contribution is 6.17. The molecule has 0 aromatic carbocycles. The molecular weight excluding hydrogens is 256 g/mol. The van der Waals surface area contributed by atoms with Crippen molar-refractivity contribution in [1.82, 2.24) is 4.98 Å². The van der Waals surface area contributed by atoms with E-state index in [2.05, 4.69) is 45.6 Å². The van der Waals surface area contributed by atoms with E-state index in [1.54, 1.807) is 0 Å². The van der Waals surface area contributed by atoms with E-state index in [1.165, 1.54) is 17.5 Å². The molecule has 1 aromatic heterocycles. The largest absolute Gasteiger partial charge is 0.356 e. The number of halogens is 1. The molecule has 1 aliphatic rings. The molecule has 1 aliphatic heterocycles. The van der Waals surface area contributed by atoms with E-state index in [-0.39, 0.29) is 0 Å². The summed E-state index contributed by atoms with van der Waals surface area (Å²) in [6.45, 7) is 13.4. The van der Waals surface area contributed by atoms with E-state index >= 15 is 0 Å². The fraction of sp³-hybridized carbons (Fsp3) is 0.688. The van der Waals surface area contributed by atoms with Gasteiger partial charge in [0.25, 0.3) is 0 Å². The van der Waals surface area contributed by atoms with Crippen molar-refractivity contribution in [3.63, 3.8) is 0 Å². The molecule has 2 heterocycles. The molecule has 1 saturated heterocycles. The molecule has 1 fully saturated rings. The number of pyridine rings is 1. The predicted octanol–water partition coefficient (Wildman–Crippen LogP) is 4.31. The number of aromatic nitrogens is 1. The van der Waals surface area contributed by atoms with Crippen molar-refractivity contribution in [3.05, 3.63) is 22.9 Å². The zero-order valence-corrected chi connectivity index (χ0v) is 13.5. The molecule has 0 saturated carbocycles. The van der Waals surface area contributed by atoms with Crippen LogP contribution in [0.4, 0.5) is 5.82 Å². The molecule has 0 bridgehead atoms. The Bertz CT molecular complexity index is 463. The van der Waals surface area contributed by atoms with Crippen LogP contribution in [-0.2, 0) is 5.88 Å². The Balaban J connectivity index is 2.29. The number of rotatable bonds is 2. The normalized spacial score (nSPS) is 20.1. The van der Waals surface area contributed by atoms with Crippen LogP contribution in [-0.4, -0.2) is 18.1 Å². The van der Waals surface area contributed by atoms with E-state index < -0.39 is 0 Å². The summed E-state index contributed by atoms with van der Waals surface area (Å²) in [5.41, 5.74) is 3.91. The Morgan fingerprint density at radius 2 is 2.05 bits per heavy atom. The summed E-state index contributed by atoms with van der Waals surface area (Å²) in [5.74, 6) is 2.39. The van der Waals surface area contributed by atoms with Crippen LogP contribution in [0.2, 0.25) is 0 Å². The van der Waals surface area contributed by atoms with Crippen molar-refractivity contribution in [2.75, 3.05) is 18.0 Å². The summed E-state index contributed by atoms with van der Waals surface area (Å²) in [6.07, 6.45) is 1.25. The zero-order valence-electron chi connectivity index (χ0n) is 12.8. The van der Waals surface area contributed by atoms with Gasteiger partial charge in [0.1, 0.15) is 5.82 Å². The molecule has 1 unspecified atom stereocenters. The minimum absolute atomic E-state index is 0.370. The molecule has 3 heteroatoms. The SMILES string of the molecule is Cc1cc(C)c(CCl)c(N2CCC(C(C)(C)C)C2)n1. The zero-order chi connectivity index (χ0) is 14.2. The van der Waals surface area contributed by atoms with Crippen LogP contribution in [0.25, 0.3) is 0 Å². The maximum atomic E-state index is 6.13. The molecular formula is C16H25ClN2. The monoisotopic (exact) mass is 280 g/mol. The number of alkyl halides is 1. The molecule has 2 rings (SSSR count). The fourth-order valence-electron chi connectivity index (χ4n) is 2.93. The highest BCUT2D eigenvalue weighted by Gasteiger charge is 2.33. The lowest BCUT2D eigenvalue weighted by Gasteiger charge is -2.28. The second kappa shape index (κ2) is 5.32. The van der Waals surface area contributed by atoms with Crippen molar-refractivity contribution in [2.45, 2.75) is 46.9 Å². The molecule has 0 spiro atoms. The summed E-state index contributed by atoms with van der Waals surface area (Å²) in [5, 5.41) is 0. The quantitative estimate of drug-likeness (QED) is 0.751. The van der Waals surface area contributed by atoms with E-state index in [0.717, 1.165) is 30.5 Å². The van der Waals surface area contributed by atoms with Gasteiger partial charge < -0.3 is 4.90 Å². The third-order valence-electron chi connectivity index (χ3n) is 4.30. The van der Waals surface area contributed by atoms with E-state index in [1.807, 2.05) is 0 Å². The van der Waals surface area contributed by atoms with Crippen molar-refractivity contribution in [3.8, 4) is 0 Å². The lowest BCUT2D eigenvalue weighted by atomic mass is 9.80. The van der Waals surface area contributed by atoms with Gasteiger partial charge in [-0.1, -0.05) is 20.8 Å². The maximum Gasteiger partial charge on any atom is 0.133 e. The van der Waals surface area contributed by atoms with E-state index in [0.29, 0.717) is 11.3 Å². The first-order valence-electron chi connectivity index (χ1n) is 7.11. The molecule has 19 heavy (non-hydrogen) atoms. The topological polar surface area (TPSA) is 16.1 Å². The summed E-state index contributed by atoms with van der Waals surface area (Å²) in [7, 11) is 0. The van der Waals surface area contributed by atoms with Gasteiger partial charge in [0, 0.05) is 24.3 Å². The van der Waals surface area contributed by atoms with Gasteiger partial charge in [-0.25, -0.2) is 4.98 Å². The maximum absolute atomic E-state index is 6.13. The Morgan fingerprint density at radius 3 is 2.58 bits per heavy atom. The second-order valence-corrected chi connectivity index (χ2v) is 7.08. The van der Waals surface area contributed by atoms with Gasteiger partial charge in [0.05, 0.1) is 5.88 Å². The van der Waals surface area contributed by atoms with E-state index in [9.17, 15) is 0 Å². The van der Waals surface area contributed by atoms with Crippen LogP contribution >= 0.6 is 11.6 Å². The molecule has 106 valence electrons. The fourth-order valence-corrected chi connectivity index (χ4v) is 3.26. The number of anilines is 1. The summed E-state index contributed by atoms with van der Waals surface area (Å²) in [6, 6.07) is 2.12. The Labute approximate surface area is 122 Å². The highest BCUT2D eigenvalue weighted by atomic mass is 35.5. The van der Waals surface area contributed by atoms with Gasteiger partial charge in [0.15, 0.2) is 0 Å². The summed E-state index contributed by atoms with van der Waals surface area (Å²) < 4.78 is 0. The third kappa shape index (κ3) is 3.05. The smallest absolute Gasteiger partial charge is 0.133 e. The second-order valence-electron chi connectivity index (χ2n) is 6.81. The van der Waals surface area contributed by atoms with Gasteiger partial charge in [-0.2, -0.15) is 0 Å². The Hall–Kier alpha value is -0.760. The summed E-state index contributed by atoms with van der Waals surface area (Å²) >= 11 is 6.13. The average molecular weight is 281 g/mol. The van der Waals surface area contributed by atoms with Crippen LogP contribution in [0.15, 0.2) is 6.07 Å². The molecule has 0 amide bonds. The summed E-state index contributed by atoms with van der Waals surface area (Å²) in [4.78, 5) is 7.17. The van der Waals surface area contributed by atoms with Gasteiger partial charge in [-0.15, -0.1) is 11.6 Å². The van der Waals surface area contributed by atoms with Crippen molar-refractivity contribution in [2.24, 2.45) is 11.3 Å². The van der Waals surface area contributed by atoms with Crippen molar-refractivity contribution >= 4 is 17.4 Å². The predicted molar refractivity (Wildman–Crippen MR) is 83.0 cm³/mol. The molecule has 1 aromatic rings. The number of aryl methyl sites for hydroxylation is 2. The molecule has 0 N–H and O–H groups in total. The number of nitrogens with zero attached hydrogens (tertiary/aromatic N) is 2. The molecule has 0 aliphatic carbocycles. The van der Waals surface area contributed by atoms with Gasteiger partial charge in [-0.3, -0.25) is 0 Å². The van der Waals surface area contributed by atoms with Gasteiger partial charge in [0.2, 0.25) is 0 Å². The van der Waals surface area contributed by atoms with Crippen LogP contribution in [0.1, 0.15) is 44.0 Å². The lowest BCUT2D eigenvalue weighted by molar-refractivity contribution is 0.263. The first kappa shape index (κ1) is 14.6. The molecule has 1 atom stereocenters. The van der Waals surface area contributed by atoms with Crippen LogP contribution in [0.3, 0.4) is 0 Å². The minimum Gasteiger partial charge on any atom is -0.356 e. The first-order chi connectivity index (χ1) is 8.82. The third-order valence-corrected chi connectivity index (χ3v) is 4.57. The first-order valence-corrected chi connectivity index (χ1v) is 7.64. The number of hydrogen-bond donors (Lipinski definition) is 0. The van der Waals surface area contributed by atoms with Crippen molar-refractivity contribution in [1.29, 1.82) is 0 Å². The van der Waals surface area contributed by atoms with Gasteiger partial charge in [-0.05, 0) is 43.2 Å². The van der Waals surface area contributed by atoms with Crippen LogP contribution in [0.5, 0.6) is 0 Å². The Kier molecular flexibility index (Phi) is 4.10. The Morgan fingerprint density at radius 1 is 1.37 bits per heavy atom. The average Bonchev–Trinajstić information content (AvgIpc) is 2.76. The standard InChI is InChI=1S/C16H25ClN2/c1-11-8-12(2)18-15(14(11)9-17)19-7-6-13(10-19)16(3,4)5/h8,13H,6-7,9-10H2,1-5H3. The molecule has 0 radical (unpaired) electrons.